The van der Waals surface area contributed by atoms with Crippen molar-refractivity contribution in [2.75, 3.05) is 18.9 Å². The van der Waals surface area contributed by atoms with E-state index in [-0.39, 0.29) is 5.91 Å². The lowest BCUT2D eigenvalue weighted by atomic mass is 10.2. The van der Waals surface area contributed by atoms with E-state index >= 15 is 0 Å². The maximum Gasteiger partial charge on any atom is 0.251 e. The largest absolute Gasteiger partial charge is 0.373 e. The number of nitrogens with one attached hydrogen (secondary N) is 2. The van der Waals surface area contributed by atoms with E-state index in [1.165, 1.54) is 0 Å². The number of amides is 1. The molecule has 15 heavy (non-hydrogen) atoms. The van der Waals surface area contributed by atoms with Crippen LogP contribution in [-0.2, 0) is 0 Å². The number of hydrogen-bond acceptors (Lipinski definition) is 2. The first-order valence-electron chi connectivity index (χ1n) is 4.38. The summed E-state index contributed by atoms with van der Waals surface area (Å²) in [6, 6.07) is 4.98. The van der Waals surface area contributed by atoms with Crippen molar-refractivity contribution in [3.05, 3.63) is 28.8 Å². The van der Waals surface area contributed by atoms with Gasteiger partial charge in [-0.3, -0.25) is 4.79 Å². The molecule has 78 valence electrons. The maximum atomic E-state index is 11.3. The smallest absolute Gasteiger partial charge is 0.251 e. The van der Waals surface area contributed by atoms with Gasteiger partial charge in [-0.1, -0.05) is 17.5 Å². The third-order valence-electron chi connectivity index (χ3n) is 1.84. The monoisotopic (exact) mass is 222 g/mol. The maximum absolute atomic E-state index is 11.3. The molecule has 1 rings (SSSR count). The molecule has 0 aliphatic heterocycles. The molecule has 2 N–H and O–H groups in total. The Balaban J connectivity index is 2.95. The van der Waals surface area contributed by atoms with Gasteiger partial charge < -0.3 is 10.6 Å². The molecule has 0 heterocycles. The molecule has 0 aliphatic carbocycles. The number of carbonyl (C=O) groups excluding carboxylic acids is 1. The third kappa shape index (κ3) is 2.90. The van der Waals surface area contributed by atoms with Crippen LogP contribution in [0, 0.1) is 12.3 Å². The van der Waals surface area contributed by atoms with E-state index < -0.39 is 0 Å². The molecule has 0 saturated carbocycles. The first kappa shape index (κ1) is 11.4. The van der Waals surface area contributed by atoms with Crippen molar-refractivity contribution in [1.82, 2.24) is 5.32 Å². The lowest BCUT2D eigenvalue weighted by molar-refractivity contribution is 0.0963. The highest BCUT2D eigenvalue weighted by Gasteiger charge is 2.06. The van der Waals surface area contributed by atoms with Gasteiger partial charge in [0.15, 0.2) is 0 Å². The molecular formula is C11H11ClN2O. The summed E-state index contributed by atoms with van der Waals surface area (Å²) in [6.45, 7) is 0.372. The summed E-state index contributed by atoms with van der Waals surface area (Å²) in [5.41, 5.74) is 1.21. The van der Waals surface area contributed by atoms with Gasteiger partial charge in [0.25, 0.3) is 5.91 Å². The van der Waals surface area contributed by atoms with Crippen LogP contribution in [0.1, 0.15) is 10.4 Å². The summed E-state index contributed by atoms with van der Waals surface area (Å²) in [4.78, 5) is 11.3. The number of carbonyl (C=O) groups is 1. The normalized spacial score (nSPS) is 9.13. The SMILES string of the molecule is C#CCNc1cc(C(=O)NC)ccc1Cl. The Morgan fingerprint density at radius 1 is 1.60 bits per heavy atom. The van der Waals surface area contributed by atoms with E-state index in [4.69, 9.17) is 18.0 Å². The quantitative estimate of drug-likeness (QED) is 0.765. The molecule has 1 aromatic carbocycles. The molecule has 0 saturated heterocycles. The minimum absolute atomic E-state index is 0.157. The Kier molecular flexibility index (Phi) is 4.02. The molecule has 0 atom stereocenters. The summed E-state index contributed by atoms with van der Waals surface area (Å²) in [5.74, 6) is 2.28. The highest BCUT2D eigenvalue weighted by molar-refractivity contribution is 6.33. The molecule has 0 unspecified atom stereocenters. The lowest BCUT2D eigenvalue weighted by Crippen LogP contribution is -2.17. The molecule has 0 fully saturated rings. The van der Waals surface area contributed by atoms with Crippen LogP contribution in [-0.4, -0.2) is 19.5 Å². The predicted molar refractivity (Wildman–Crippen MR) is 62.2 cm³/mol. The zero-order valence-electron chi connectivity index (χ0n) is 8.30. The number of benzene rings is 1. The fourth-order valence-electron chi connectivity index (χ4n) is 1.09. The van der Waals surface area contributed by atoms with Crippen LogP contribution in [0.25, 0.3) is 0 Å². The molecule has 0 bridgehead atoms. The molecule has 0 radical (unpaired) electrons. The average Bonchev–Trinajstić information content (AvgIpc) is 2.27. The minimum Gasteiger partial charge on any atom is -0.373 e. The van der Waals surface area contributed by atoms with Crippen LogP contribution < -0.4 is 10.6 Å². The first-order valence-corrected chi connectivity index (χ1v) is 4.75. The highest BCUT2D eigenvalue weighted by Crippen LogP contribution is 2.22. The second kappa shape index (κ2) is 5.28. The Morgan fingerprint density at radius 3 is 2.93 bits per heavy atom. The van der Waals surface area contributed by atoms with Gasteiger partial charge in [-0.25, -0.2) is 0 Å². The van der Waals surface area contributed by atoms with E-state index in [1.54, 1.807) is 25.2 Å². The zero-order valence-corrected chi connectivity index (χ0v) is 9.06. The van der Waals surface area contributed by atoms with Crippen LogP contribution >= 0.6 is 11.6 Å². The van der Waals surface area contributed by atoms with Gasteiger partial charge >= 0.3 is 0 Å². The van der Waals surface area contributed by atoms with Gasteiger partial charge in [-0.2, -0.15) is 0 Å². The number of rotatable bonds is 3. The Morgan fingerprint density at radius 2 is 2.33 bits per heavy atom. The second-order valence-electron chi connectivity index (χ2n) is 2.83. The fourth-order valence-corrected chi connectivity index (χ4v) is 1.28. The van der Waals surface area contributed by atoms with Crippen LogP contribution in [0.4, 0.5) is 5.69 Å². The molecule has 3 nitrogen and oxygen atoms in total. The van der Waals surface area contributed by atoms with Crippen molar-refractivity contribution in [2.24, 2.45) is 0 Å². The molecule has 0 aliphatic rings. The van der Waals surface area contributed by atoms with Crippen LogP contribution in [0.15, 0.2) is 18.2 Å². The van der Waals surface area contributed by atoms with E-state index in [0.29, 0.717) is 22.8 Å². The van der Waals surface area contributed by atoms with Crippen molar-refractivity contribution in [3.8, 4) is 12.3 Å². The molecule has 4 heteroatoms. The first-order chi connectivity index (χ1) is 7.19. The molecule has 1 amide bonds. The fraction of sp³-hybridized carbons (Fsp3) is 0.182. The Hall–Kier alpha value is -1.66. The van der Waals surface area contributed by atoms with Gasteiger partial charge in [0.05, 0.1) is 17.3 Å². The molecule has 0 spiro atoms. The van der Waals surface area contributed by atoms with Crippen LogP contribution in [0.2, 0.25) is 5.02 Å². The Bertz CT molecular complexity index is 410. The summed E-state index contributed by atoms with van der Waals surface area (Å²) in [6.07, 6.45) is 5.12. The number of terminal acetylenes is 1. The van der Waals surface area contributed by atoms with Gasteiger partial charge in [0.2, 0.25) is 0 Å². The predicted octanol–water partition coefficient (Wildman–Crippen LogP) is 1.74. The van der Waals surface area contributed by atoms with Crippen LogP contribution in [0.3, 0.4) is 0 Å². The summed E-state index contributed by atoms with van der Waals surface area (Å²) >= 11 is 5.92. The van der Waals surface area contributed by atoms with E-state index in [9.17, 15) is 4.79 Å². The average molecular weight is 223 g/mol. The van der Waals surface area contributed by atoms with Crippen LogP contribution in [0.5, 0.6) is 0 Å². The van der Waals surface area contributed by atoms with Gasteiger partial charge in [-0.15, -0.1) is 6.42 Å². The number of hydrogen-bond donors (Lipinski definition) is 2. The van der Waals surface area contributed by atoms with E-state index in [1.807, 2.05) is 0 Å². The van der Waals surface area contributed by atoms with E-state index in [0.717, 1.165) is 0 Å². The second-order valence-corrected chi connectivity index (χ2v) is 3.24. The highest BCUT2D eigenvalue weighted by atomic mass is 35.5. The zero-order chi connectivity index (χ0) is 11.3. The van der Waals surface area contributed by atoms with Crippen molar-refractivity contribution in [1.29, 1.82) is 0 Å². The Labute approximate surface area is 93.8 Å². The minimum atomic E-state index is -0.157. The van der Waals surface area contributed by atoms with Crippen molar-refractivity contribution in [2.45, 2.75) is 0 Å². The lowest BCUT2D eigenvalue weighted by Gasteiger charge is -2.07. The van der Waals surface area contributed by atoms with Crippen molar-refractivity contribution in [3.63, 3.8) is 0 Å². The van der Waals surface area contributed by atoms with Crippen molar-refractivity contribution < 1.29 is 4.79 Å². The topological polar surface area (TPSA) is 41.1 Å². The third-order valence-corrected chi connectivity index (χ3v) is 2.17. The summed E-state index contributed by atoms with van der Waals surface area (Å²) in [7, 11) is 1.57. The number of halogens is 1. The van der Waals surface area contributed by atoms with Gasteiger partial charge in [0, 0.05) is 12.6 Å². The van der Waals surface area contributed by atoms with Crippen molar-refractivity contribution >= 4 is 23.2 Å². The molecule has 0 aromatic heterocycles. The number of anilines is 1. The van der Waals surface area contributed by atoms with Gasteiger partial charge in [0.1, 0.15) is 0 Å². The van der Waals surface area contributed by atoms with E-state index in [2.05, 4.69) is 16.6 Å². The van der Waals surface area contributed by atoms with Gasteiger partial charge in [-0.05, 0) is 18.2 Å². The standard InChI is InChI=1S/C11H11ClN2O/c1-3-6-14-10-7-8(11(15)13-2)4-5-9(10)12/h1,4-5,7,14H,6H2,2H3,(H,13,15). The molecule has 1 aromatic rings. The summed E-state index contributed by atoms with van der Waals surface area (Å²) in [5, 5.41) is 6.01. The molecular weight excluding hydrogens is 212 g/mol. The summed E-state index contributed by atoms with van der Waals surface area (Å²) < 4.78 is 0.